The number of hydrogen-bond donors (Lipinski definition) is 2. The van der Waals surface area contributed by atoms with Gasteiger partial charge in [0, 0.05) is 26.3 Å². The van der Waals surface area contributed by atoms with Crippen molar-refractivity contribution in [2.75, 3.05) is 20.3 Å². The summed E-state index contributed by atoms with van der Waals surface area (Å²) in [5, 5.41) is 12.4. The van der Waals surface area contributed by atoms with Crippen molar-refractivity contribution in [3.05, 3.63) is 35.9 Å². The van der Waals surface area contributed by atoms with Crippen molar-refractivity contribution in [1.29, 1.82) is 0 Å². The molecule has 0 fully saturated rings. The van der Waals surface area contributed by atoms with E-state index in [9.17, 15) is 0 Å². The summed E-state index contributed by atoms with van der Waals surface area (Å²) >= 11 is 0. The van der Waals surface area contributed by atoms with E-state index in [4.69, 9.17) is 9.84 Å². The molecule has 0 bridgehead atoms. The number of methoxy groups -OCH3 is 1. The molecule has 0 aliphatic carbocycles. The third-order valence-electron chi connectivity index (χ3n) is 2.33. The van der Waals surface area contributed by atoms with Crippen molar-refractivity contribution < 1.29 is 9.84 Å². The molecule has 0 aromatic heterocycles. The van der Waals surface area contributed by atoms with Crippen LogP contribution in [0.3, 0.4) is 0 Å². The Kier molecular flexibility index (Phi) is 6.00. The van der Waals surface area contributed by atoms with Gasteiger partial charge in [0.05, 0.1) is 6.61 Å². The summed E-state index contributed by atoms with van der Waals surface area (Å²) < 4.78 is 4.98. The van der Waals surface area contributed by atoms with Gasteiger partial charge in [0.15, 0.2) is 0 Å². The van der Waals surface area contributed by atoms with Gasteiger partial charge in [-0.05, 0) is 12.0 Å². The third-order valence-corrected chi connectivity index (χ3v) is 2.33. The lowest BCUT2D eigenvalue weighted by Gasteiger charge is -2.15. The number of aliphatic hydroxyl groups excluding tert-OH is 1. The minimum absolute atomic E-state index is 0.116. The summed E-state index contributed by atoms with van der Waals surface area (Å²) in [7, 11) is 1.67. The van der Waals surface area contributed by atoms with Crippen LogP contribution in [0, 0.1) is 0 Å². The summed E-state index contributed by atoms with van der Waals surface area (Å²) in [5.41, 5.74) is 1.23. The molecule has 1 aromatic rings. The molecule has 0 aliphatic heterocycles. The van der Waals surface area contributed by atoms with Crippen LogP contribution < -0.4 is 5.32 Å². The highest BCUT2D eigenvalue weighted by Crippen LogP contribution is 1.99. The van der Waals surface area contributed by atoms with Gasteiger partial charge in [-0.25, -0.2) is 0 Å². The van der Waals surface area contributed by atoms with Crippen LogP contribution in [0.15, 0.2) is 30.3 Å². The zero-order chi connectivity index (χ0) is 10.9. The lowest BCUT2D eigenvalue weighted by molar-refractivity contribution is 0.159. The first-order valence-electron chi connectivity index (χ1n) is 5.24. The van der Waals surface area contributed by atoms with E-state index in [-0.39, 0.29) is 12.6 Å². The summed E-state index contributed by atoms with van der Waals surface area (Å²) in [6.07, 6.45) is 0.833. The van der Waals surface area contributed by atoms with E-state index in [2.05, 4.69) is 17.4 Å². The molecule has 3 heteroatoms. The molecule has 3 nitrogen and oxygen atoms in total. The molecule has 84 valence electrons. The van der Waals surface area contributed by atoms with Crippen LogP contribution in [0.4, 0.5) is 0 Å². The largest absolute Gasteiger partial charge is 0.395 e. The standard InChI is InChI=1S/C12H19NO2/c1-15-8-7-12(10-14)13-9-11-5-3-2-4-6-11/h2-6,12-14H,7-10H2,1H3. The number of ether oxygens (including phenoxy) is 1. The predicted octanol–water partition coefficient (Wildman–Crippen LogP) is 1.17. The van der Waals surface area contributed by atoms with Gasteiger partial charge < -0.3 is 15.2 Å². The van der Waals surface area contributed by atoms with Crippen molar-refractivity contribution in [1.82, 2.24) is 5.32 Å². The number of nitrogens with one attached hydrogen (secondary N) is 1. The lowest BCUT2D eigenvalue weighted by atomic mass is 10.2. The number of rotatable bonds is 7. The summed E-state index contributed by atoms with van der Waals surface area (Å²) in [4.78, 5) is 0. The summed E-state index contributed by atoms with van der Waals surface area (Å²) in [6, 6.07) is 10.3. The van der Waals surface area contributed by atoms with E-state index < -0.39 is 0 Å². The first kappa shape index (κ1) is 12.2. The smallest absolute Gasteiger partial charge is 0.0585 e. The van der Waals surface area contributed by atoms with E-state index in [1.807, 2.05) is 18.2 Å². The van der Waals surface area contributed by atoms with Gasteiger partial charge in [-0.3, -0.25) is 0 Å². The van der Waals surface area contributed by atoms with Crippen molar-refractivity contribution in [2.24, 2.45) is 0 Å². The maximum atomic E-state index is 9.11. The number of hydrogen-bond acceptors (Lipinski definition) is 3. The Labute approximate surface area is 91.1 Å². The van der Waals surface area contributed by atoms with E-state index in [1.54, 1.807) is 7.11 Å². The lowest BCUT2D eigenvalue weighted by Crippen LogP contribution is -2.33. The van der Waals surface area contributed by atoms with Crippen LogP contribution in [0.25, 0.3) is 0 Å². The molecule has 1 atom stereocenters. The zero-order valence-corrected chi connectivity index (χ0v) is 9.15. The quantitative estimate of drug-likeness (QED) is 0.708. The Morgan fingerprint density at radius 3 is 2.67 bits per heavy atom. The molecule has 1 unspecified atom stereocenters. The topological polar surface area (TPSA) is 41.5 Å². The molecule has 1 rings (SSSR count). The molecule has 0 amide bonds. The van der Waals surface area contributed by atoms with Crippen molar-refractivity contribution in [3.63, 3.8) is 0 Å². The molecule has 0 radical (unpaired) electrons. The minimum atomic E-state index is 0.116. The Morgan fingerprint density at radius 2 is 2.07 bits per heavy atom. The second kappa shape index (κ2) is 7.40. The van der Waals surface area contributed by atoms with Crippen molar-refractivity contribution >= 4 is 0 Å². The molecule has 1 aromatic carbocycles. The second-order valence-electron chi connectivity index (χ2n) is 3.53. The van der Waals surface area contributed by atoms with Gasteiger partial charge in [0.25, 0.3) is 0 Å². The molecule has 0 saturated heterocycles. The molecule has 0 saturated carbocycles. The highest BCUT2D eigenvalue weighted by molar-refractivity contribution is 5.14. The number of benzene rings is 1. The van der Waals surface area contributed by atoms with Gasteiger partial charge in [-0.2, -0.15) is 0 Å². The average molecular weight is 209 g/mol. The average Bonchev–Trinajstić information content (AvgIpc) is 2.31. The predicted molar refractivity (Wildman–Crippen MR) is 60.6 cm³/mol. The van der Waals surface area contributed by atoms with E-state index >= 15 is 0 Å². The van der Waals surface area contributed by atoms with E-state index in [1.165, 1.54) is 5.56 Å². The third kappa shape index (κ3) is 4.93. The Balaban J connectivity index is 2.28. The molecule has 0 spiro atoms. The summed E-state index contributed by atoms with van der Waals surface area (Å²) in [6.45, 7) is 1.61. The van der Waals surface area contributed by atoms with Gasteiger partial charge in [0.2, 0.25) is 0 Å². The van der Waals surface area contributed by atoms with Gasteiger partial charge in [-0.1, -0.05) is 30.3 Å². The highest BCUT2D eigenvalue weighted by atomic mass is 16.5. The zero-order valence-electron chi connectivity index (χ0n) is 9.15. The van der Waals surface area contributed by atoms with E-state index in [0.717, 1.165) is 13.0 Å². The van der Waals surface area contributed by atoms with Gasteiger partial charge in [-0.15, -0.1) is 0 Å². The summed E-state index contributed by atoms with van der Waals surface area (Å²) in [5.74, 6) is 0. The van der Waals surface area contributed by atoms with Crippen molar-refractivity contribution in [2.45, 2.75) is 19.0 Å². The SMILES string of the molecule is COCCC(CO)NCc1ccccc1. The number of aliphatic hydroxyl groups is 1. The Bertz CT molecular complexity index is 251. The molecular formula is C12H19NO2. The first-order valence-corrected chi connectivity index (χ1v) is 5.24. The fourth-order valence-electron chi connectivity index (χ4n) is 1.38. The van der Waals surface area contributed by atoms with E-state index in [0.29, 0.717) is 6.61 Å². The maximum absolute atomic E-state index is 9.11. The normalized spacial score (nSPS) is 12.7. The molecule has 15 heavy (non-hydrogen) atoms. The molecule has 0 aliphatic rings. The highest BCUT2D eigenvalue weighted by Gasteiger charge is 2.05. The van der Waals surface area contributed by atoms with Crippen LogP contribution in [0.2, 0.25) is 0 Å². The first-order chi connectivity index (χ1) is 7.36. The fourth-order valence-corrected chi connectivity index (χ4v) is 1.38. The van der Waals surface area contributed by atoms with Gasteiger partial charge in [0.1, 0.15) is 0 Å². The van der Waals surface area contributed by atoms with Crippen LogP contribution >= 0.6 is 0 Å². The van der Waals surface area contributed by atoms with Gasteiger partial charge >= 0.3 is 0 Å². The molecule has 0 heterocycles. The monoisotopic (exact) mass is 209 g/mol. The van der Waals surface area contributed by atoms with Crippen LogP contribution in [0.1, 0.15) is 12.0 Å². The molecule has 2 N–H and O–H groups in total. The Morgan fingerprint density at radius 1 is 1.33 bits per heavy atom. The van der Waals surface area contributed by atoms with Crippen LogP contribution in [-0.4, -0.2) is 31.5 Å². The second-order valence-corrected chi connectivity index (χ2v) is 3.53. The minimum Gasteiger partial charge on any atom is -0.395 e. The van der Waals surface area contributed by atoms with Crippen LogP contribution in [0.5, 0.6) is 0 Å². The molecular weight excluding hydrogens is 190 g/mol. The Hall–Kier alpha value is -0.900. The maximum Gasteiger partial charge on any atom is 0.0585 e. The van der Waals surface area contributed by atoms with Crippen LogP contribution in [-0.2, 0) is 11.3 Å². The fraction of sp³-hybridized carbons (Fsp3) is 0.500. The van der Waals surface area contributed by atoms with Crippen molar-refractivity contribution in [3.8, 4) is 0 Å².